The van der Waals surface area contributed by atoms with Crippen LogP contribution in [0.1, 0.15) is 33.6 Å². The lowest BCUT2D eigenvalue weighted by atomic mass is 9.59. The maximum absolute atomic E-state index is 11.8. The van der Waals surface area contributed by atoms with Gasteiger partial charge in [-0.2, -0.15) is 0 Å². The highest BCUT2D eigenvalue weighted by molar-refractivity contribution is 5.92. The van der Waals surface area contributed by atoms with Crippen molar-refractivity contribution in [1.29, 1.82) is 0 Å². The van der Waals surface area contributed by atoms with Crippen LogP contribution in [-0.2, 0) is 19.1 Å². The third kappa shape index (κ3) is 2.20. The molecule has 0 radical (unpaired) electrons. The summed E-state index contributed by atoms with van der Waals surface area (Å²) in [7, 11) is 0. The normalized spacial score (nSPS) is 36.5. The van der Waals surface area contributed by atoms with Gasteiger partial charge in [-0.15, -0.1) is 0 Å². The second-order valence-corrected chi connectivity index (χ2v) is 6.60. The predicted molar refractivity (Wildman–Crippen MR) is 78.4 cm³/mol. The van der Waals surface area contributed by atoms with Crippen molar-refractivity contribution in [3.63, 3.8) is 0 Å². The molecule has 0 aromatic rings. The van der Waals surface area contributed by atoms with Crippen molar-refractivity contribution in [2.45, 2.75) is 39.4 Å². The number of fused-ring (bicyclic) bond motifs is 2. The average molecular weight is 304 g/mol. The number of carbonyl (C=O) groups excluding carboxylic acids is 2. The van der Waals surface area contributed by atoms with E-state index in [4.69, 9.17) is 9.47 Å². The monoisotopic (exact) mass is 304 g/mol. The molecule has 0 spiro atoms. The van der Waals surface area contributed by atoms with Gasteiger partial charge in [-0.1, -0.05) is 25.2 Å². The molecule has 2 aliphatic carbocycles. The zero-order chi connectivity index (χ0) is 16.1. The van der Waals surface area contributed by atoms with E-state index in [1.165, 1.54) is 6.92 Å². The van der Waals surface area contributed by atoms with E-state index in [1.807, 2.05) is 25.2 Å². The Labute approximate surface area is 129 Å². The molecule has 22 heavy (non-hydrogen) atoms. The van der Waals surface area contributed by atoms with Crippen molar-refractivity contribution < 1.29 is 24.2 Å². The Morgan fingerprint density at radius 1 is 1.55 bits per heavy atom. The highest BCUT2D eigenvalue weighted by Crippen LogP contribution is 2.56. The summed E-state index contributed by atoms with van der Waals surface area (Å²) in [6, 6.07) is 0. The van der Waals surface area contributed by atoms with Crippen LogP contribution in [0.5, 0.6) is 0 Å². The van der Waals surface area contributed by atoms with Crippen molar-refractivity contribution in [3.05, 3.63) is 34.9 Å². The van der Waals surface area contributed by atoms with Gasteiger partial charge in [-0.05, 0) is 30.3 Å². The Morgan fingerprint density at radius 3 is 2.95 bits per heavy atom. The lowest BCUT2D eigenvalue weighted by Gasteiger charge is -2.47. The van der Waals surface area contributed by atoms with E-state index in [1.54, 1.807) is 6.92 Å². The number of aliphatic hydroxyl groups is 1. The zero-order valence-corrected chi connectivity index (χ0v) is 13.0. The fraction of sp³-hybridized carbons (Fsp3) is 0.529. The first-order valence-electron chi connectivity index (χ1n) is 7.43. The molecule has 5 nitrogen and oxygen atoms in total. The van der Waals surface area contributed by atoms with Crippen LogP contribution in [-0.4, -0.2) is 29.4 Å². The van der Waals surface area contributed by atoms with E-state index in [9.17, 15) is 14.7 Å². The lowest BCUT2D eigenvalue weighted by molar-refractivity contribution is -0.198. The van der Waals surface area contributed by atoms with Crippen molar-refractivity contribution >= 4 is 11.9 Å². The molecule has 3 aliphatic rings. The van der Waals surface area contributed by atoms with Gasteiger partial charge in [0.25, 0.3) is 0 Å². The molecule has 0 bridgehead atoms. The predicted octanol–water partition coefficient (Wildman–Crippen LogP) is 2.02. The summed E-state index contributed by atoms with van der Waals surface area (Å²) >= 11 is 0. The standard InChI is InChI=1S/C17H20O5/c1-10-13-7-14-12(8-21-11(2)18)5-4-6-16(14,3)9-17(13,20)22-15(10)19/h4-6,14,20H,7-9H2,1-3H3/t14-,16?,17-/m0/s1. The van der Waals surface area contributed by atoms with E-state index in [2.05, 4.69) is 0 Å². The minimum absolute atomic E-state index is 0.0802. The molecule has 1 fully saturated rings. The Hall–Kier alpha value is -1.88. The molecule has 1 unspecified atom stereocenters. The van der Waals surface area contributed by atoms with E-state index >= 15 is 0 Å². The average Bonchev–Trinajstić information content (AvgIpc) is 2.62. The van der Waals surface area contributed by atoms with Gasteiger partial charge in [0.15, 0.2) is 0 Å². The quantitative estimate of drug-likeness (QED) is 0.790. The second kappa shape index (κ2) is 4.81. The third-order valence-corrected chi connectivity index (χ3v) is 4.99. The van der Waals surface area contributed by atoms with Gasteiger partial charge >= 0.3 is 11.9 Å². The van der Waals surface area contributed by atoms with Crippen LogP contribution in [0.2, 0.25) is 0 Å². The number of carbonyl (C=O) groups is 2. The zero-order valence-electron chi connectivity index (χ0n) is 13.0. The van der Waals surface area contributed by atoms with E-state index < -0.39 is 11.8 Å². The SMILES string of the molecule is CC(=O)OCC1=CC=CC2(C)C[C@]3(O)OC(=O)C(C)=C3C[C@@H]12. The van der Waals surface area contributed by atoms with Gasteiger partial charge in [0.1, 0.15) is 6.61 Å². The summed E-state index contributed by atoms with van der Waals surface area (Å²) in [4.78, 5) is 22.9. The van der Waals surface area contributed by atoms with Crippen molar-refractivity contribution in [2.24, 2.45) is 11.3 Å². The fourth-order valence-corrected chi connectivity index (χ4v) is 3.81. The molecule has 3 rings (SSSR count). The van der Waals surface area contributed by atoms with Gasteiger partial charge in [-0.3, -0.25) is 4.79 Å². The smallest absolute Gasteiger partial charge is 0.336 e. The summed E-state index contributed by atoms with van der Waals surface area (Å²) < 4.78 is 10.4. The largest absolute Gasteiger partial charge is 0.461 e. The summed E-state index contributed by atoms with van der Waals surface area (Å²) in [5, 5.41) is 10.7. The highest BCUT2D eigenvalue weighted by atomic mass is 16.7. The molecule has 1 N–H and O–H groups in total. The summed E-state index contributed by atoms with van der Waals surface area (Å²) in [5.41, 5.74) is 1.81. The minimum atomic E-state index is -1.50. The molecule has 118 valence electrons. The molecular weight excluding hydrogens is 284 g/mol. The molecule has 0 aromatic heterocycles. The molecule has 1 saturated carbocycles. The van der Waals surface area contributed by atoms with Crippen molar-refractivity contribution in [3.8, 4) is 0 Å². The number of hydrogen-bond donors (Lipinski definition) is 1. The van der Waals surface area contributed by atoms with Gasteiger partial charge in [0.05, 0.1) is 0 Å². The Balaban J connectivity index is 1.94. The van der Waals surface area contributed by atoms with Crippen LogP contribution in [0.3, 0.4) is 0 Å². The summed E-state index contributed by atoms with van der Waals surface area (Å²) in [6.07, 6.45) is 6.74. The maximum Gasteiger partial charge on any atom is 0.336 e. The Morgan fingerprint density at radius 2 is 2.27 bits per heavy atom. The van der Waals surface area contributed by atoms with Gasteiger partial charge < -0.3 is 14.6 Å². The molecule has 0 aromatic carbocycles. The molecule has 1 heterocycles. The first-order chi connectivity index (χ1) is 10.3. The summed E-state index contributed by atoms with van der Waals surface area (Å²) in [6.45, 7) is 5.34. The topological polar surface area (TPSA) is 72.8 Å². The third-order valence-electron chi connectivity index (χ3n) is 4.99. The molecule has 0 amide bonds. The Kier molecular flexibility index (Phi) is 3.29. The van der Waals surface area contributed by atoms with E-state index in [-0.39, 0.29) is 23.9 Å². The van der Waals surface area contributed by atoms with Crippen molar-refractivity contribution in [2.75, 3.05) is 6.61 Å². The van der Waals surface area contributed by atoms with E-state index in [0.29, 0.717) is 24.0 Å². The van der Waals surface area contributed by atoms with Crippen molar-refractivity contribution in [1.82, 2.24) is 0 Å². The van der Waals surface area contributed by atoms with Gasteiger partial charge in [0, 0.05) is 24.5 Å². The molecular formula is C17H20O5. The maximum atomic E-state index is 11.8. The number of allylic oxidation sites excluding steroid dienone is 3. The number of esters is 2. The minimum Gasteiger partial charge on any atom is -0.461 e. The van der Waals surface area contributed by atoms with Crippen LogP contribution < -0.4 is 0 Å². The second-order valence-electron chi connectivity index (χ2n) is 6.60. The van der Waals surface area contributed by atoms with Gasteiger partial charge in [0.2, 0.25) is 5.79 Å². The number of rotatable bonds is 2. The van der Waals surface area contributed by atoms with Crippen LogP contribution in [0.4, 0.5) is 0 Å². The Bertz CT molecular complexity index is 641. The lowest BCUT2D eigenvalue weighted by Crippen LogP contribution is -2.47. The van der Waals surface area contributed by atoms with Crippen LogP contribution in [0.25, 0.3) is 0 Å². The van der Waals surface area contributed by atoms with E-state index in [0.717, 1.165) is 5.57 Å². The van der Waals surface area contributed by atoms with Crippen LogP contribution >= 0.6 is 0 Å². The number of ether oxygens (including phenoxy) is 2. The first-order valence-corrected chi connectivity index (χ1v) is 7.43. The molecule has 3 atom stereocenters. The molecule has 5 heteroatoms. The van der Waals surface area contributed by atoms with Crippen LogP contribution in [0.15, 0.2) is 34.9 Å². The van der Waals surface area contributed by atoms with Crippen LogP contribution in [0, 0.1) is 11.3 Å². The summed E-state index contributed by atoms with van der Waals surface area (Å²) in [5.74, 6) is -2.19. The molecule has 0 saturated heterocycles. The molecule has 1 aliphatic heterocycles. The van der Waals surface area contributed by atoms with Gasteiger partial charge in [-0.25, -0.2) is 4.79 Å². The fourth-order valence-electron chi connectivity index (χ4n) is 3.81. The highest BCUT2D eigenvalue weighted by Gasteiger charge is 2.56. The first kappa shape index (κ1) is 15.0. The number of hydrogen-bond acceptors (Lipinski definition) is 5.